The van der Waals surface area contributed by atoms with Gasteiger partial charge in [0, 0.05) is 39.1 Å². The van der Waals surface area contributed by atoms with Crippen molar-refractivity contribution in [2.45, 2.75) is 25.2 Å². The van der Waals surface area contributed by atoms with E-state index in [2.05, 4.69) is 22.0 Å². The number of morpholine rings is 1. The molecular formula is C18H22N4O2. The summed E-state index contributed by atoms with van der Waals surface area (Å²) in [6.45, 7) is 3.30. The summed E-state index contributed by atoms with van der Waals surface area (Å²) >= 11 is 0. The predicted octanol–water partition coefficient (Wildman–Crippen LogP) is 1.03. The van der Waals surface area contributed by atoms with Gasteiger partial charge in [-0.25, -0.2) is 4.98 Å². The molecule has 2 fully saturated rings. The molecule has 6 heteroatoms. The van der Waals surface area contributed by atoms with Crippen LogP contribution in [0, 0.1) is 0 Å². The van der Waals surface area contributed by atoms with Crippen molar-refractivity contribution in [1.29, 1.82) is 0 Å². The van der Waals surface area contributed by atoms with E-state index in [4.69, 9.17) is 4.74 Å². The first-order chi connectivity index (χ1) is 11.7. The number of hydrogen-bond donors (Lipinski definition) is 0. The van der Waals surface area contributed by atoms with E-state index in [9.17, 15) is 4.79 Å². The molecule has 3 heterocycles. The van der Waals surface area contributed by atoms with E-state index in [-0.39, 0.29) is 24.7 Å². The van der Waals surface area contributed by atoms with Crippen LogP contribution in [-0.4, -0.2) is 57.1 Å². The molecule has 0 spiro atoms. The molecule has 6 nitrogen and oxygen atoms in total. The number of ether oxygens (including phenoxy) is 1. The lowest BCUT2D eigenvalue weighted by atomic mass is 10.1. The molecule has 2 saturated heterocycles. The molecule has 2 aromatic rings. The topological polar surface area (TPSA) is 50.6 Å². The largest absolute Gasteiger partial charge is 0.365 e. The monoisotopic (exact) mass is 326 g/mol. The standard InChI is InChI=1S/C18H22N4O2/c1-20-8-7-19-17(20)12-21-10-15-16(11-21)24-13-18(23)22(15)9-14-5-3-2-4-6-14/h2-8,15-16H,9-13H2,1H3/t15-,16-/m1/s1. The molecule has 24 heavy (non-hydrogen) atoms. The first-order valence-corrected chi connectivity index (χ1v) is 8.34. The fourth-order valence-corrected chi connectivity index (χ4v) is 3.61. The smallest absolute Gasteiger partial charge is 0.249 e. The Morgan fingerprint density at radius 1 is 1.21 bits per heavy atom. The van der Waals surface area contributed by atoms with Gasteiger partial charge in [0.25, 0.3) is 0 Å². The summed E-state index contributed by atoms with van der Waals surface area (Å²) < 4.78 is 7.84. The number of likely N-dealkylation sites (tertiary alicyclic amines) is 1. The van der Waals surface area contributed by atoms with E-state index in [0.717, 1.165) is 31.0 Å². The van der Waals surface area contributed by atoms with Crippen molar-refractivity contribution >= 4 is 5.91 Å². The molecule has 1 amide bonds. The molecule has 0 N–H and O–H groups in total. The van der Waals surface area contributed by atoms with Crippen LogP contribution >= 0.6 is 0 Å². The molecule has 4 rings (SSSR count). The van der Waals surface area contributed by atoms with Gasteiger partial charge in [0.15, 0.2) is 0 Å². The number of carbonyl (C=O) groups is 1. The van der Waals surface area contributed by atoms with Crippen LogP contribution < -0.4 is 0 Å². The Kier molecular flexibility index (Phi) is 4.08. The van der Waals surface area contributed by atoms with Gasteiger partial charge >= 0.3 is 0 Å². The number of fused-ring (bicyclic) bond motifs is 1. The van der Waals surface area contributed by atoms with Gasteiger partial charge in [-0.15, -0.1) is 0 Å². The molecule has 0 radical (unpaired) electrons. The van der Waals surface area contributed by atoms with Crippen LogP contribution in [0.4, 0.5) is 0 Å². The summed E-state index contributed by atoms with van der Waals surface area (Å²) in [6.07, 6.45) is 3.87. The number of imidazole rings is 1. The van der Waals surface area contributed by atoms with Crippen LogP contribution in [0.5, 0.6) is 0 Å². The average molecular weight is 326 g/mol. The summed E-state index contributed by atoms with van der Waals surface area (Å²) in [6, 6.07) is 10.3. The van der Waals surface area contributed by atoms with Gasteiger partial charge in [-0.1, -0.05) is 30.3 Å². The summed E-state index contributed by atoms with van der Waals surface area (Å²) in [5.41, 5.74) is 1.16. The van der Waals surface area contributed by atoms with Crippen molar-refractivity contribution in [2.24, 2.45) is 7.05 Å². The minimum atomic E-state index is 0.0824. The van der Waals surface area contributed by atoms with E-state index < -0.39 is 0 Å². The Balaban J connectivity index is 1.48. The number of hydrogen-bond acceptors (Lipinski definition) is 4. The summed E-state index contributed by atoms with van der Waals surface area (Å²) in [7, 11) is 2.01. The molecule has 0 bridgehead atoms. The molecule has 0 saturated carbocycles. The highest BCUT2D eigenvalue weighted by molar-refractivity contribution is 5.78. The number of benzene rings is 1. The van der Waals surface area contributed by atoms with E-state index in [1.54, 1.807) is 0 Å². The Hall–Kier alpha value is -2.18. The third kappa shape index (κ3) is 2.95. The van der Waals surface area contributed by atoms with E-state index in [1.807, 2.05) is 47.1 Å². The number of carbonyl (C=O) groups excluding carboxylic acids is 1. The second-order valence-electron chi connectivity index (χ2n) is 6.57. The molecule has 2 atom stereocenters. The zero-order valence-corrected chi connectivity index (χ0v) is 13.8. The fraction of sp³-hybridized carbons (Fsp3) is 0.444. The average Bonchev–Trinajstić information content (AvgIpc) is 3.18. The zero-order chi connectivity index (χ0) is 16.5. The highest BCUT2D eigenvalue weighted by atomic mass is 16.5. The molecule has 1 aromatic heterocycles. The Bertz CT molecular complexity index is 715. The van der Waals surface area contributed by atoms with Gasteiger partial charge in [0.1, 0.15) is 12.4 Å². The third-order valence-corrected chi connectivity index (χ3v) is 4.94. The molecule has 1 aromatic carbocycles. The summed E-state index contributed by atoms with van der Waals surface area (Å²) in [5, 5.41) is 0. The van der Waals surface area contributed by atoms with Crippen LogP contribution in [0.25, 0.3) is 0 Å². The quantitative estimate of drug-likeness (QED) is 0.842. The maximum atomic E-state index is 12.4. The molecule has 2 aliphatic heterocycles. The summed E-state index contributed by atoms with van der Waals surface area (Å²) in [4.78, 5) is 21.1. The fourth-order valence-electron chi connectivity index (χ4n) is 3.61. The third-order valence-electron chi connectivity index (χ3n) is 4.94. The van der Waals surface area contributed by atoms with Gasteiger partial charge in [-0.05, 0) is 5.56 Å². The predicted molar refractivity (Wildman–Crippen MR) is 89.0 cm³/mol. The number of rotatable bonds is 4. The van der Waals surface area contributed by atoms with Gasteiger partial charge in [-0.2, -0.15) is 0 Å². The number of nitrogens with zero attached hydrogens (tertiary/aromatic N) is 4. The number of amides is 1. The normalized spacial score (nSPS) is 24.4. The highest BCUT2D eigenvalue weighted by Gasteiger charge is 2.43. The van der Waals surface area contributed by atoms with Crippen molar-refractivity contribution in [3.8, 4) is 0 Å². The SMILES string of the molecule is Cn1ccnc1CN1C[C@@H]2[C@@H](C1)OCC(=O)N2Cc1ccccc1. The Labute approximate surface area is 141 Å². The van der Waals surface area contributed by atoms with Crippen LogP contribution in [-0.2, 0) is 29.7 Å². The van der Waals surface area contributed by atoms with Crippen LogP contribution in [0.15, 0.2) is 42.7 Å². The second-order valence-corrected chi connectivity index (χ2v) is 6.57. The number of aryl methyl sites for hydroxylation is 1. The van der Waals surface area contributed by atoms with Crippen molar-refractivity contribution in [3.63, 3.8) is 0 Å². The van der Waals surface area contributed by atoms with Crippen molar-refractivity contribution < 1.29 is 9.53 Å². The van der Waals surface area contributed by atoms with Crippen LogP contribution in [0.1, 0.15) is 11.4 Å². The lowest BCUT2D eigenvalue weighted by Crippen LogP contribution is -2.53. The minimum Gasteiger partial charge on any atom is -0.365 e. The first kappa shape index (κ1) is 15.4. The molecule has 2 aliphatic rings. The lowest BCUT2D eigenvalue weighted by Gasteiger charge is -2.36. The molecule has 0 aliphatic carbocycles. The lowest BCUT2D eigenvalue weighted by molar-refractivity contribution is -0.153. The molecule has 0 unspecified atom stereocenters. The summed E-state index contributed by atoms with van der Waals surface area (Å²) in [5.74, 6) is 1.12. The van der Waals surface area contributed by atoms with E-state index in [1.165, 1.54) is 0 Å². The number of aromatic nitrogens is 2. The molecule has 126 valence electrons. The molecular weight excluding hydrogens is 304 g/mol. The van der Waals surface area contributed by atoms with Gasteiger partial charge < -0.3 is 14.2 Å². The maximum absolute atomic E-state index is 12.4. The van der Waals surface area contributed by atoms with Crippen LogP contribution in [0.3, 0.4) is 0 Å². The van der Waals surface area contributed by atoms with E-state index in [0.29, 0.717) is 6.54 Å². The second kappa shape index (κ2) is 6.37. The van der Waals surface area contributed by atoms with Gasteiger partial charge in [0.05, 0.1) is 18.7 Å². The Morgan fingerprint density at radius 2 is 2.04 bits per heavy atom. The van der Waals surface area contributed by atoms with Crippen LogP contribution in [0.2, 0.25) is 0 Å². The van der Waals surface area contributed by atoms with Gasteiger partial charge in [0.2, 0.25) is 5.91 Å². The Morgan fingerprint density at radius 3 is 2.79 bits per heavy atom. The van der Waals surface area contributed by atoms with Crippen molar-refractivity contribution in [3.05, 3.63) is 54.1 Å². The maximum Gasteiger partial charge on any atom is 0.249 e. The zero-order valence-electron chi connectivity index (χ0n) is 13.8. The first-order valence-electron chi connectivity index (χ1n) is 8.34. The highest BCUT2D eigenvalue weighted by Crippen LogP contribution is 2.26. The van der Waals surface area contributed by atoms with Gasteiger partial charge in [-0.3, -0.25) is 9.69 Å². The van der Waals surface area contributed by atoms with Crippen molar-refractivity contribution in [2.75, 3.05) is 19.7 Å². The minimum absolute atomic E-state index is 0.0824. The van der Waals surface area contributed by atoms with Crippen molar-refractivity contribution in [1.82, 2.24) is 19.4 Å². The van der Waals surface area contributed by atoms with E-state index >= 15 is 0 Å².